The number of carbonyl (C=O) groups excluding carboxylic acids is 2. The third-order valence-corrected chi connectivity index (χ3v) is 4.14. The molecule has 2 N–H and O–H groups in total. The molecule has 0 saturated heterocycles. The van der Waals surface area contributed by atoms with Gasteiger partial charge in [0.05, 0.1) is 30.2 Å². The van der Waals surface area contributed by atoms with Crippen LogP contribution in [0.3, 0.4) is 0 Å². The maximum absolute atomic E-state index is 12.3. The molecule has 0 unspecified atom stereocenters. The fourth-order valence-corrected chi connectivity index (χ4v) is 2.61. The quantitative estimate of drug-likeness (QED) is 0.778. The van der Waals surface area contributed by atoms with E-state index in [1.807, 2.05) is 25.1 Å². The van der Waals surface area contributed by atoms with Crippen LogP contribution in [0.1, 0.15) is 36.7 Å². The Hall–Kier alpha value is -2.67. The summed E-state index contributed by atoms with van der Waals surface area (Å²) in [5.74, 6) is -1.10. The third kappa shape index (κ3) is 4.70. The van der Waals surface area contributed by atoms with E-state index < -0.39 is 11.8 Å². The van der Waals surface area contributed by atoms with Crippen LogP contribution in [0.25, 0.3) is 0 Å². The van der Waals surface area contributed by atoms with E-state index in [1.165, 1.54) is 0 Å². The highest BCUT2D eigenvalue weighted by atomic mass is 16.5. The fraction of sp³-hybridized carbons (Fsp3) is 0.421. The minimum atomic E-state index is -0.725. The first-order valence-electron chi connectivity index (χ1n) is 8.58. The van der Waals surface area contributed by atoms with Gasteiger partial charge in [0, 0.05) is 12.8 Å². The molecule has 0 fully saturated rings. The predicted molar refractivity (Wildman–Crippen MR) is 101 cm³/mol. The van der Waals surface area contributed by atoms with Crippen LogP contribution in [-0.2, 0) is 20.9 Å². The Morgan fingerprint density at radius 2 is 1.88 bits per heavy atom. The molecule has 0 aliphatic carbocycles. The summed E-state index contributed by atoms with van der Waals surface area (Å²) < 4.78 is 6.80. The highest BCUT2D eigenvalue weighted by Crippen LogP contribution is 2.20. The van der Waals surface area contributed by atoms with E-state index in [4.69, 9.17) is 4.74 Å². The summed E-state index contributed by atoms with van der Waals surface area (Å²) >= 11 is 0. The molecule has 2 aromatic rings. The number of aryl methyl sites for hydroxylation is 1. The third-order valence-electron chi connectivity index (χ3n) is 4.14. The lowest BCUT2D eigenvalue weighted by Gasteiger charge is -2.10. The van der Waals surface area contributed by atoms with Crippen LogP contribution in [0.2, 0.25) is 0 Å². The Labute approximate surface area is 153 Å². The first kappa shape index (κ1) is 19.7. The number of nitrogens with zero attached hydrogens (tertiary/aromatic N) is 2. The molecule has 0 atom stereocenters. The van der Waals surface area contributed by atoms with Crippen LogP contribution in [0, 0.1) is 13.8 Å². The number of nitrogens with one attached hydrogen (secondary N) is 2. The topological polar surface area (TPSA) is 85.2 Å². The average Bonchev–Trinajstić information content (AvgIpc) is 2.87. The van der Waals surface area contributed by atoms with E-state index in [0.717, 1.165) is 11.3 Å². The summed E-state index contributed by atoms with van der Waals surface area (Å²) in [7, 11) is 1.62. The van der Waals surface area contributed by atoms with Gasteiger partial charge < -0.3 is 15.4 Å². The smallest absolute Gasteiger partial charge is 0.314 e. The van der Waals surface area contributed by atoms with Crippen LogP contribution in [0.4, 0.5) is 11.4 Å². The number of anilines is 2. The largest absolute Gasteiger partial charge is 0.383 e. The van der Waals surface area contributed by atoms with E-state index in [9.17, 15) is 9.59 Å². The van der Waals surface area contributed by atoms with Gasteiger partial charge in [-0.25, -0.2) is 0 Å². The van der Waals surface area contributed by atoms with Crippen molar-refractivity contribution in [3.8, 4) is 0 Å². The zero-order valence-corrected chi connectivity index (χ0v) is 15.9. The number of benzene rings is 1. The SMILES string of the molecule is COCCn1nc(C)c(NC(=O)C(=O)Nc2cccc(C(C)C)c2)c1C. The molecule has 2 rings (SSSR count). The monoisotopic (exact) mass is 358 g/mol. The maximum atomic E-state index is 12.3. The summed E-state index contributed by atoms with van der Waals surface area (Å²) in [6, 6.07) is 7.48. The van der Waals surface area contributed by atoms with Crippen LogP contribution in [-0.4, -0.2) is 35.3 Å². The summed E-state index contributed by atoms with van der Waals surface area (Å²) in [4.78, 5) is 24.5. The van der Waals surface area contributed by atoms with Gasteiger partial charge in [-0.05, 0) is 37.5 Å². The van der Waals surface area contributed by atoms with Crippen molar-refractivity contribution in [2.24, 2.45) is 0 Å². The van der Waals surface area contributed by atoms with Crippen molar-refractivity contribution in [1.82, 2.24) is 9.78 Å². The molecule has 1 aromatic heterocycles. The summed E-state index contributed by atoms with van der Waals surface area (Å²) in [6.07, 6.45) is 0. The number of ether oxygens (including phenoxy) is 1. The molecule has 0 radical (unpaired) electrons. The average molecular weight is 358 g/mol. The van der Waals surface area contributed by atoms with Gasteiger partial charge in [-0.3, -0.25) is 14.3 Å². The molecule has 0 bridgehead atoms. The summed E-state index contributed by atoms with van der Waals surface area (Å²) in [6.45, 7) is 8.86. The lowest BCUT2D eigenvalue weighted by Crippen LogP contribution is -2.29. The molecule has 26 heavy (non-hydrogen) atoms. The minimum Gasteiger partial charge on any atom is -0.383 e. The zero-order valence-electron chi connectivity index (χ0n) is 15.9. The molecule has 0 saturated carbocycles. The molecule has 7 nitrogen and oxygen atoms in total. The molecule has 7 heteroatoms. The second-order valence-corrected chi connectivity index (χ2v) is 6.45. The number of hydrogen-bond donors (Lipinski definition) is 2. The van der Waals surface area contributed by atoms with Crippen molar-refractivity contribution >= 4 is 23.2 Å². The van der Waals surface area contributed by atoms with Gasteiger partial charge in [0.25, 0.3) is 0 Å². The minimum absolute atomic E-state index is 0.337. The van der Waals surface area contributed by atoms with Gasteiger partial charge >= 0.3 is 11.8 Å². The second-order valence-electron chi connectivity index (χ2n) is 6.45. The van der Waals surface area contributed by atoms with Gasteiger partial charge in [-0.15, -0.1) is 0 Å². The van der Waals surface area contributed by atoms with E-state index in [1.54, 1.807) is 24.8 Å². The van der Waals surface area contributed by atoms with Crippen LogP contribution >= 0.6 is 0 Å². The number of carbonyl (C=O) groups is 2. The van der Waals surface area contributed by atoms with Gasteiger partial charge in [0.2, 0.25) is 0 Å². The lowest BCUT2D eigenvalue weighted by atomic mass is 10.0. The Morgan fingerprint density at radius 1 is 1.19 bits per heavy atom. The van der Waals surface area contributed by atoms with Crippen molar-refractivity contribution in [1.29, 1.82) is 0 Å². The van der Waals surface area contributed by atoms with Gasteiger partial charge in [-0.2, -0.15) is 5.10 Å². The lowest BCUT2D eigenvalue weighted by molar-refractivity contribution is -0.133. The van der Waals surface area contributed by atoms with E-state index in [-0.39, 0.29) is 0 Å². The predicted octanol–water partition coefficient (Wildman–Crippen LogP) is 2.85. The standard InChI is InChI=1S/C19H26N4O3/c1-12(2)15-7-6-8-16(11-15)20-18(24)19(25)21-17-13(3)22-23(14(17)4)9-10-26-5/h6-8,11-12H,9-10H2,1-5H3,(H,20,24)(H,21,25). The van der Waals surface area contributed by atoms with Crippen molar-refractivity contribution in [3.05, 3.63) is 41.2 Å². The van der Waals surface area contributed by atoms with Crippen LogP contribution in [0.15, 0.2) is 24.3 Å². The number of rotatable bonds is 6. The molecule has 2 amide bonds. The number of hydrogen-bond acceptors (Lipinski definition) is 4. The Balaban J connectivity index is 2.07. The van der Waals surface area contributed by atoms with E-state index in [0.29, 0.717) is 36.1 Å². The highest BCUT2D eigenvalue weighted by Gasteiger charge is 2.19. The Bertz CT molecular complexity index is 796. The van der Waals surface area contributed by atoms with E-state index >= 15 is 0 Å². The fourth-order valence-electron chi connectivity index (χ4n) is 2.61. The Kier molecular flexibility index (Phi) is 6.52. The number of amides is 2. The molecule has 0 spiro atoms. The number of aromatic nitrogens is 2. The van der Waals surface area contributed by atoms with Gasteiger partial charge in [-0.1, -0.05) is 26.0 Å². The maximum Gasteiger partial charge on any atom is 0.314 e. The van der Waals surface area contributed by atoms with Gasteiger partial charge in [0.1, 0.15) is 0 Å². The van der Waals surface area contributed by atoms with Crippen molar-refractivity contribution < 1.29 is 14.3 Å². The second kappa shape index (κ2) is 8.62. The van der Waals surface area contributed by atoms with Crippen LogP contribution < -0.4 is 10.6 Å². The molecular formula is C19H26N4O3. The number of methoxy groups -OCH3 is 1. The van der Waals surface area contributed by atoms with Crippen molar-refractivity contribution in [3.63, 3.8) is 0 Å². The molecular weight excluding hydrogens is 332 g/mol. The first-order valence-corrected chi connectivity index (χ1v) is 8.58. The molecule has 0 aliphatic rings. The molecule has 1 aromatic carbocycles. The summed E-state index contributed by atoms with van der Waals surface area (Å²) in [5, 5.41) is 9.66. The Morgan fingerprint density at radius 3 is 2.54 bits per heavy atom. The zero-order chi connectivity index (χ0) is 19.3. The molecule has 0 aliphatic heterocycles. The van der Waals surface area contributed by atoms with Crippen LogP contribution in [0.5, 0.6) is 0 Å². The summed E-state index contributed by atoms with van der Waals surface area (Å²) in [5.41, 5.74) is 3.68. The molecule has 1 heterocycles. The van der Waals surface area contributed by atoms with Crippen molar-refractivity contribution in [2.75, 3.05) is 24.4 Å². The van der Waals surface area contributed by atoms with Gasteiger partial charge in [0.15, 0.2) is 0 Å². The highest BCUT2D eigenvalue weighted by molar-refractivity contribution is 6.43. The molecule has 140 valence electrons. The normalized spacial score (nSPS) is 10.8. The van der Waals surface area contributed by atoms with E-state index in [2.05, 4.69) is 29.6 Å². The first-order chi connectivity index (χ1) is 12.3. The van der Waals surface area contributed by atoms with Crippen molar-refractivity contribution in [2.45, 2.75) is 40.2 Å².